The van der Waals surface area contributed by atoms with Crippen molar-refractivity contribution in [2.75, 3.05) is 26.2 Å². The molecule has 0 aliphatic carbocycles. The zero-order valence-corrected chi connectivity index (χ0v) is 20.6. The van der Waals surface area contributed by atoms with E-state index in [2.05, 4.69) is 10.00 Å². The van der Waals surface area contributed by atoms with E-state index in [9.17, 15) is 19.4 Å². The van der Waals surface area contributed by atoms with Crippen LogP contribution in [-0.4, -0.2) is 73.1 Å². The Morgan fingerprint density at radius 2 is 1.78 bits per heavy atom. The van der Waals surface area contributed by atoms with Crippen molar-refractivity contribution >= 4 is 5.91 Å². The zero-order valence-electron chi connectivity index (χ0n) is 20.6. The summed E-state index contributed by atoms with van der Waals surface area (Å²) in [5.41, 5.74) is 1.71. The van der Waals surface area contributed by atoms with Gasteiger partial charge in [-0.25, -0.2) is 9.07 Å². The van der Waals surface area contributed by atoms with Gasteiger partial charge in [0.15, 0.2) is 0 Å². The van der Waals surface area contributed by atoms with Crippen molar-refractivity contribution in [3.05, 3.63) is 83.4 Å². The molecule has 3 heterocycles. The summed E-state index contributed by atoms with van der Waals surface area (Å²) in [6.07, 6.45) is 3.77. The summed E-state index contributed by atoms with van der Waals surface area (Å²) in [6.45, 7) is 4.99. The average Bonchev–Trinajstić information content (AvgIpc) is 3.45. The first-order chi connectivity index (χ1) is 17.2. The number of carbonyl (C=O) groups is 1. The van der Waals surface area contributed by atoms with Gasteiger partial charge in [-0.15, -0.1) is 0 Å². The average molecular weight is 493 g/mol. The lowest BCUT2D eigenvalue weighted by molar-refractivity contribution is -0.0172. The van der Waals surface area contributed by atoms with Crippen LogP contribution in [0.4, 0.5) is 4.39 Å². The first-order valence-electron chi connectivity index (χ1n) is 12.5. The molecule has 5 rings (SSSR count). The number of carbonyl (C=O) groups excluding carboxylic acids is 1. The number of aromatic nitrogens is 2. The van der Waals surface area contributed by atoms with E-state index in [0.29, 0.717) is 51.0 Å². The lowest BCUT2D eigenvalue weighted by atomic mass is 9.86. The highest BCUT2D eigenvalue weighted by molar-refractivity contribution is 5.94. The van der Waals surface area contributed by atoms with Crippen LogP contribution in [0.5, 0.6) is 0 Å². The van der Waals surface area contributed by atoms with Crippen LogP contribution in [0, 0.1) is 5.82 Å². The number of nitrogens with zero attached hydrogens (tertiary/aromatic N) is 4. The molecular formula is C28H33FN4O3. The van der Waals surface area contributed by atoms with Crippen LogP contribution >= 0.6 is 0 Å². The largest absolute Gasteiger partial charge is 0.389 e. The van der Waals surface area contributed by atoms with Gasteiger partial charge in [-0.2, -0.15) is 5.10 Å². The molecule has 1 unspecified atom stereocenters. The normalized spacial score (nSPS) is 22.2. The number of hydrogen-bond donors (Lipinski definition) is 2. The molecule has 190 valence electrons. The van der Waals surface area contributed by atoms with Crippen LogP contribution in [0.3, 0.4) is 0 Å². The molecule has 1 aromatic heterocycles. The predicted molar refractivity (Wildman–Crippen MR) is 134 cm³/mol. The number of hydrogen-bond acceptors (Lipinski definition) is 5. The molecule has 8 heteroatoms. The highest BCUT2D eigenvalue weighted by atomic mass is 19.1. The van der Waals surface area contributed by atoms with E-state index in [1.54, 1.807) is 23.0 Å². The molecule has 2 saturated heterocycles. The van der Waals surface area contributed by atoms with Gasteiger partial charge in [0.1, 0.15) is 5.82 Å². The summed E-state index contributed by atoms with van der Waals surface area (Å²) >= 11 is 0. The second kappa shape index (κ2) is 9.76. The quantitative estimate of drug-likeness (QED) is 0.553. The molecule has 2 aromatic carbocycles. The van der Waals surface area contributed by atoms with E-state index < -0.39 is 11.2 Å². The molecule has 36 heavy (non-hydrogen) atoms. The van der Waals surface area contributed by atoms with Gasteiger partial charge in [0.25, 0.3) is 5.91 Å². The highest BCUT2D eigenvalue weighted by Crippen LogP contribution is 2.28. The van der Waals surface area contributed by atoms with Gasteiger partial charge in [-0.3, -0.25) is 9.69 Å². The van der Waals surface area contributed by atoms with Crippen molar-refractivity contribution in [3.8, 4) is 5.69 Å². The van der Waals surface area contributed by atoms with Crippen molar-refractivity contribution in [1.29, 1.82) is 0 Å². The van der Waals surface area contributed by atoms with Crippen molar-refractivity contribution in [3.63, 3.8) is 0 Å². The fourth-order valence-electron chi connectivity index (χ4n) is 5.34. The summed E-state index contributed by atoms with van der Waals surface area (Å²) in [5.74, 6) is -0.332. The molecular weight excluding hydrogens is 459 g/mol. The third-order valence-corrected chi connectivity index (χ3v) is 7.39. The number of rotatable bonds is 6. The van der Waals surface area contributed by atoms with Crippen molar-refractivity contribution in [2.24, 2.45) is 0 Å². The smallest absolute Gasteiger partial charge is 0.253 e. The van der Waals surface area contributed by atoms with E-state index in [0.717, 1.165) is 29.9 Å². The Bertz CT molecular complexity index is 1220. The Hall–Kier alpha value is -3.07. The van der Waals surface area contributed by atoms with Gasteiger partial charge < -0.3 is 15.1 Å². The molecule has 1 atom stereocenters. The SMILES string of the molecule is CC1(O)CCN(Cc2cccc(C(=O)N3CCC(O)(Cc4ccnn4-c4ccc(F)cc4)CC3)c2)C1. The van der Waals surface area contributed by atoms with Gasteiger partial charge in [0, 0.05) is 56.6 Å². The number of amides is 1. The number of likely N-dealkylation sites (tertiary alicyclic amines) is 2. The Balaban J connectivity index is 1.20. The van der Waals surface area contributed by atoms with Gasteiger partial charge in [-0.1, -0.05) is 12.1 Å². The molecule has 7 nitrogen and oxygen atoms in total. The van der Waals surface area contributed by atoms with E-state index in [-0.39, 0.29) is 11.7 Å². The molecule has 2 aliphatic heterocycles. The highest BCUT2D eigenvalue weighted by Gasteiger charge is 2.35. The minimum Gasteiger partial charge on any atom is -0.389 e. The number of halogens is 1. The van der Waals surface area contributed by atoms with E-state index in [4.69, 9.17) is 0 Å². The number of β-amino-alcohol motifs (C(OH)–C–C–N with tert-alkyl or cyclic N) is 1. The summed E-state index contributed by atoms with van der Waals surface area (Å²) in [5, 5.41) is 25.9. The lowest BCUT2D eigenvalue weighted by Gasteiger charge is -2.38. The fourth-order valence-corrected chi connectivity index (χ4v) is 5.34. The first kappa shape index (κ1) is 24.6. The molecule has 0 spiro atoms. The standard InChI is InChI=1S/C28H33FN4O3/c1-27(35)10-14-31(20-27)19-21-3-2-4-22(17-21)26(34)32-15-11-28(36,12-16-32)18-25-9-13-30-33(25)24-7-5-23(29)6-8-24/h2-9,13,17,35-36H,10-12,14-16,18-20H2,1H3. The second-order valence-electron chi connectivity index (χ2n) is 10.6. The third kappa shape index (κ3) is 5.51. The Kier molecular flexibility index (Phi) is 6.68. The number of aliphatic hydroxyl groups is 2. The second-order valence-corrected chi connectivity index (χ2v) is 10.6. The van der Waals surface area contributed by atoms with Gasteiger partial charge >= 0.3 is 0 Å². The monoisotopic (exact) mass is 492 g/mol. The van der Waals surface area contributed by atoms with Crippen molar-refractivity contribution in [2.45, 2.75) is 50.4 Å². The molecule has 2 aliphatic rings. The molecule has 0 saturated carbocycles. The van der Waals surface area contributed by atoms with Gasteiger partial charge in [0.05, 0.1) is 16.9 Å². The topological polar surface area (TPSA) is 81.8 Å². The Labute approximate surface area is 210 Å². The summed E-state index contributed by atoms with van der Waals surface area (Å²) in [6, 6.07) is 15.7. The maximum Gasteiger partial charge on any atom is 0.253 e. The Morgan fingerprint density at radius 1 is 1.03 bits per heavy atom. The first-order valence-corrected chi connectivity index (χ1v) is 12.5. The zero-order chi connectivity index (χ0) is 25.3. The Morgan fingerprint density at radius 3 is 2.47 bits per heavy atom. The van der Waals surface area contributed by atoms with E-state index >= 15 is 0 Å². The molecule has 3 aromatic rings. The molecule has 2 N–H and O–H groups in total. The molecule has 2 fully saturated rings. The van der Waals surface area contributed by atoms with Crippen LogP contribution in [0.1, 0.15) is 47.8 Å². The minimum absolute atomic E-state index is 0.0244. The summed E-state index contributed by atoms with van der Waals surface area (Å²) in [7, 11) is 0. The van der Waals surface area contributed by atoms with Crippen LogP contribution < -0.4 is 0 Å². The lowest BCUT2D eigenvalue weighted by Crippen LogP contribution is -2.48. The predicted octanol–water partition coefficient (Wildman–Crippen LogP) is 3.18. The molecule has 0 radical (unpaired) electrons. The van der Waals surface area contributed by atoms with Crippen LogP contribution in [-0.2, 0) is 13.0 Å². The number of piperidine rings is 1. The fraction of sp³-hybridized carbons (Fsp3) is 0.429. The van der Waals surface area contributed by atoms with Gasteiger partial charge in [-0.05, 0) is 74.2 Å². The summed E-state index contributed by atoms with van der Waals surface area (Å²) in [4.78, 5) is 17.3. The maximum absolute atomic E-state index is 13.3. The minimum atomic E-state index is -0.941. The van der Waals surface area contributed by atoms with Gasteiger partial charge in [0.2, 0.25) is 0 Å². The van der Waals surface area contributed by atoms with Crippen LogP contribution in [0.15, 0.2) is 60.8 Å². The molecule has 0 bridgehead atoms. The van der Waals surface area contributed by atoms with Crippen LogP contribution in [0.25, 0.3) is 5.69 Å². The number of benzene rings is 2. The van der Waals surface area contributed by atoms with Crippen molar-refractivity contribution in [1.82, 2.24) is 19.6 Å². The van der Waals surface area contributed by atoms with Crippen molar-refractivity contribution < 1.29 is 19.4 Å². The third-order valence-electron chi connectivity index (χ3n) is 7.39. The maximum atomic E-state index is 13.3. The molecule has 1 amide bonds. The summed E-state index contributed by atoms with van der Waals surface area (Å²) < 4.78 is 15.0. The van der Waals surface area contributed by atoms with Crippen LogP contribution in [0.2, 0.25) is 0 Å². The van der Waals surface area contributed by atoms with E-state index in [1.165, 1.54) is 12.1 Å². The van der Waals surface area contributed by atoms with E-state index in [1.807, 2.05) is 42.2 Å².